The fourth-order valence-electron chi connectivity index (χ4n) is 4.67. The highest BCUT2D eigenvalue weighted by Gasteiger charge is 2.31. The van der Waals surface area contributed by atoms with Gasteiger partial charge in [0.25, 0.3) is 0 Å². The first kappa shape index (κ1) is 29.7. The summed E-state index contributed by atoms with van der Waals surface area (Å²) in [6.45, 7) is 8.92. The van der Waals surface area contributed by atoms with Crippen LogP contribution in [0.4, 0.5) is 4.79 Å². The number of benzene rings is 2. The fraction of sp³-hybridized carbons (Fsp3) is 0.467. The van der Waals surface area contributed by atoms with Crippen LogP contribution in [0, 0.1) is 5.92 Å². The molecule has 1 aliphatic rings. The number of amides is 2. The van der Waals surface area contributed by atoms with Crippen LogP contribution in [0.15, 0.2) is 48.5 Å². The third-order valence-electron chi connectivity index (χ3n) is 6.33. The van der Waals surface area contributed by atoms with E-state index in [1.807, 2.05) is 62.4 Å². The minimum Gasteiger partial charge on any atom is -0.480 e. The van der Waals surface area contributed by atoms with Gasteiger partial charge in [-0.25, -0.2) is 9.59 Å². The lowest BCUT2D eigenvalue weighted by molar-refractivity contribution is -0.155. The Hall–Kier alpha value is -3.88. The summed E-state index contributed by atoms with van der Waals surface area (Å²) in [5.74, 6) is -2.57. The van der Waals surface area contributed by atoms with Gasteiger partial charge < -0.3 is 25.2 Å². The number of carbonyl (C=O) groups excluding carboxylic acids is 3. The number of carbonyl (C=O) groups is 4. The molecule has 39 heavy (non-hydrogen) atoms. The van der Waals surface area contributed by atoms with E-state index in [-0.39, 0.29) is 37.7 Å². The van der Waals surface area contributed by atoms with E-state index in [1.165, 1.54) is 0 Å². The van der Waals surface area contributed by atoms with Crippen LogP contribution < -0.4 is 10.6 Å². The maximum Gasteiger partial charge on any atom is 0.407 e. The molecule has 0 unspecified atom stereocenters. The maximum absolute atomic E-state index is 13.1. The van der Waals surface area contributed by atoms with E-state index in [9.17, 15) is 24.3 Å². The van der Waals surface area contributed by atoms with Crippen molar-refractivity contribution in [2.75, 3.05) is 6.61 Å². The van der Waals surface area contributed by atoms with Gasteiger partial charge in [0.15, 0.2) is 0 Å². The molecule has 0 saturated carbocycles. The van der Waals surface area contributed by atoms with Crippen molar-refractivity contribution in [3.05, 3.63) is 59.7 Å². The highest BCUT2D eigenvalue weighted by atomic mass is 16.6. The SMILES string of the molecule is CC(C)C[C@H](NC(=O)[C@H](CCC(=O)OC(C)(C)C)NC(=O)OCC1c2ccccc2-c2ccccc21)C(=O)O. The number of hydrogen-bond acceptors (Lipinski definition) is 6. The van der Waals surface area contributed by atoms with Crippen molar-refractivity contribution in [1.82, 2.24) is 10.6 Å². The number of carboxylic acid groups (broad SMARTS) is 1. The molecule has 0 spiro atoms. The van der Waals surface area contributed by atoms with Crippen molar-refractivity contribution in [2.24, 2.45) is 5.92 Å². The van der Waals surface area contributed by atoms with Gasteiger partial charge >= 0.3 is 18.0 Å². The standard InChI is InChI=1S/C30H38N2O7/c1-18(2)16-25(28(35)36)31-27(34)24(14-15-26(33)39-30(3,4)5)32-29(37)38-17-23-21-12-8-6-10-19(21)20-11-7-9-13-22(20)23/h6-13,18,23-25H,14-17H2,1-5H3,(H,31,34)(H,32,37)(H,35,36)/t24-,25-/m0/s1. The molecule has 2 atom stereocenters. The second-order valence-corrected chi connectivity index (χ2v) is 11.2. The van der Waals surface area contributed by atoms with Crippen molar-refractivity contribution >= 4 is 23.9 Å². The molecule has 9 nitrogen and oxygen atoms in total. The van der Waals surface area contributed by atoms with Crippen molar-refractivity contribution < 1.29 is 33.8 Å². The predicted molar refractivity (Wildman–Crippen MR) is 146 cm³/mol. The monoisotopic (exact) mass is 538 g/mol. The van der Waals surface area contributed by atoms with E-state index in [0.29, 0.717) is 0 Å². The molecule has 2 aromatic rings. The van der Waals surface area contributed by atoms with Gasteiger partial charge in [0, 0.05) is 12.3 Å². The molecule has 0 heterocycles. The summed E-state index contributed by atoms with van der Waals surface area (Å²) in [7, 11) is 0. The number of ether oxygens (including phenoxy) is 2. The Bertz CT molecular complexity index is 1160. The first-order chi connectivity index (χ1) is 18.4. The average molecular weight is 539 g/mol. The first-order valence-electron chi connectivity index (χ1n) is 13.2. The van der Waals surface area contributed by atoms with Crippen molar-refractivity contribution in [2.45, 2.75) is 77.5 Å². The van der Waals surface area contributed by atoms with E-state index in [2.05, 4.69) is 10.6 Å². The Morgan fingerprint density at radius 2 is 1.46 bits per heavy atom. The van der Waals surface area contributed by atoms with Gasteiger partial charge in [-0.2, -0.15) is 0 Å². The summed E-state index contributed by atoms with van der Waals surface area (Å²) in [4.78, 5) is 49.9. The summed E-state index contributed by atoms with van der Waals surface area (Å²) in [6.07, 6.45) is -0.859. The maximum atomic E-state index is 13.1. The van der Waals surface area contributed by atoms with E-state index >= 15 is 0 Å². The van der Waals surface area contributed by atoms with Crippen LogP contribution in [-0.2, 0) is 23.9 Å². The highest BCUT2D eigenvalue weighted by Crippen LogP contribution is 2.44. The number of rotatable bonds is 11. The van der Waals surface area contributed by atoms with Crippen LogP contribution in [0.25, 0.3) is 11.1 Å². The van der Waals surface area contributed by atoms with Crippen LogP contribution in [0.2, 0.25) is 0 Å². The van der Waals surface area contributed by atoms with Crippen LogP contribution in [-0.4, -0.2) is 53.3 Å². The Balaban J connectivity index is 1.69. The molecule has 3 N–H and O–H groups in total. The summed E-state index contributed by atoms with van der Waals surface area (Å²) < 4.78 is 10.9. The van der Waals surface area contributed by atoms with Gasteiger partial charge in [0.2, 0.25) is 5.91 Å². The highest BCUT2D eigenvalue weighted by molar-refractivity contribution is 5.89. The molecule has 3 rings (SSSR count). The van der Waals surface area contributed by atoms with Crippen LogP contribution in [0.1, 0.15) is 70.9 Å². The number of aliphatic carboxylic acids is 1. The molecule has 9 heteroatoms. The number of carboxylic acids is 1. The lowest BCUT2D eigenvalue weighted by Crippen LogP contribution is -2.52. The number of alkyl carbamates (subject to hydrolysis) is 1. The fourth-order valence-corrected chi connectivity index (χ4v) is 4.67. The Morgan fingerprint density at radius 3 is 1.97 bits per heavy atom. The van der Waals surface area contributed by atoms with Crippen molar-refractivity contribution in [3.8, 4) is 11.1 Å². The number of fused-ring (bicyclic) bond motifs is 3. The van der Waals surface area contributed by atoms with E-state index in [0.717, 1.165) is 22.3 Å². The van der Waals surface area contributed by atoms with Crippen LogP contribution >= 0.6 is 0 Å². The zero-order valence-electron chi connectivity index (χ0n) is 23.2. The Labute approximate surface area is 229 Å². The zero-order valence-corrected chi connectivity index (χ0v) is 23.2. The topological polar surface area (TPSA) is 131 Å². The molecular weight excluding hydrogens is 500 g/mol. The van der Waals surface area contributed by atoms with Crippen LogP contribution in [0.5, 0.6) is 0 Å². The number of nitrogens with one attached hydrogen (secondary N) is 2. The van der Waals surface area contributed by atoms with Gasteiger partial charge in [0.05, 0.1) is 0 Å². The summed E-state index contributed by atoms with van der Waals surface area (Å²) in [6, 6.07) is 13.5. The Kier molecular flexibility index (Phi) is 9.72. The van der Waals surface area contributed by atoms with Gasteiger partial charge in [-0.1, -0.05) is 62.4 Å². The van der Waals surface area contributed by atoms with E-state index in [4.69, 9.17) is 9.47 Å². The summed E-state index contributed by atoms with van der Waals surface area (Å²) in [5.41, 5.74) is 3.55. The molecule has 2 aromatic carbocycles. The van der Waals surface area contributed by atoms with Gasteiger partial charge in [-0.3, -0.25) is 9.59 Å². The molecule has 1 aliphatic carbocycles. The molecule has 0 radical (unpaired) electrons. The second-order valence-electron chi connectivity index (χ2n) is 11.2. The number of esters is 1. The normalized spacial score (nSPS) is 14.1. The third-order valence-corrected chi connectivity index (χ3v) is 6.33. The lowest BCUT2D eigenvalue weighted by atomic mass is 9.98. The smallest absolute Gasteiger partial charge is 0.407 e. The molecule has 0 saturated heterocycles. The largest absolute Gasteiger partial charge is 0.480 e. The predicted octanol–water partition coefficient (Wildman–Crippen LogP) is 4.63. The first-order valence-corrected chi connectivity index (χ1v) is 13.2. The van der Waals surface area contributed by atoms with Crippen molar-refractivity contribution in [1.29, 1.82) is 0 Å². The molecular formula is C30H38N2O7. The van der Waals surface area contributed by atoms with Gasteiger partial charge in [-0.15, -0.1) is 0 Å². The minimum atomic E-state index is -1.19. The molecule has 210 valence electrons. The lowest BCUT2D eigenvalue weighted by Gasteiger charge is -2.23. The summed E-state index contributed by atoms with van der Waals surface area (Å²) >= 11 is 0. The van der Waals surface area contributed by atoms with Gasteiger partial charge in [-0.05, 0) is 61.8 Å². The Morgan fingerprint density at radius 1 is 0.897 bits per heavy atom. The second kappa shape index (κ2) is 12.8. The minimum absolute atomic E-state index is 0.0155. The van der Waals surface area contributed by atoms with Crippen molar-refractivity contribution in [3.63, 3.8) is 0 Å². The van der Waals surface area contributed by atoms with Crippen LogP contribution in [0.3, 0.4) is 0 Å². The summed E-state index contributed by atoms with van der Waals surface area (Å²) in [5, 5.41) is 14.6. The van der Waals surface area contributed by atoms with E-state index in [1.54, 1.807) is 20.8 Å². The molecule has 2 amide bonds. The zero-order chi connectivity index (χ0) is 28.7. The molecule has 0 bridgehead atoms. The average Bonchev–Trinajstić information content (AvgIpc) is 3.17. The van der Waals surface area contributed by atoms with Gasteiger partial charge in [0.1, 0.15) is 24.3 Å². The quantitative estimate of drug-likeness (QED) is 0.356. The molecule has 0 fully saturated rings. The van der Waals surface area contributed by atoms with E-state index < -0.39 is 41.6 Å². The number of hydrogen-bond donors (Lipinski definition) is 3. The third kappa shape index (κ3) is 8.30. The molecule has 0 aliphatic heterocycles. The molecule has 0 aromatic heterocycles.